The van der Waals surface area contributed by atoms with Crippen molar-refractivity contribution in [2.24, 2.45) is 7.05 Å². The zero-order valence-corrected chi connectivity index (χ0v) is 17.0. The average Bonchev–Trinajstić information content (AvgIpc) is 3.42. The van der Waals surface area contributed by atoms with Crippen LogP contribution in [0.5, 0.6) is 0 Å². The van der Waals surface area contributed by atoms with Gasteiger partial charge < -0.3 is 14.8 Å². The first-order valence-corrected chi connectivity index (χ1v) is 10.1. The summed E-state index contributed by atoms with van der Waals surface area (Å²) in [7, 11) is 1.85. The molecule has 0 aliphatic carbocycles. The Morgan fingerprint density at radius 1 is 1.07 bits per heavy atom. The fraction of sp³-hybridized carbons (Fsp3) is 0.364. The largest absolute Gasteiger partial charge is 0.369 e. The fourth-order valence-electron chi connectivity index (χ4n) is 3.90. The van der Waals surface area contributed by atoms with Crippen LogP contribution in [0.1, 0.15) is 17.3 Å². The molecule has 1 unspecified atom stereocenters. The molecule has 7 heteroatoms. The molecule has 1 atom stereocenters. The number of rotatable bonds is 6. The van der Waals surface area contributed by atoms with Crippen LogP contribution in [-0.4, -0.2) is 63.9 Å². The second kappa shape index (κ2) is 8.53. The van der Waals surface area contributed by atoms with Crippen LogP contribution in [-0.2, 0) is 7.05 Å². The van der Waals surface area contributed by atoms with Crippen LogP contribution in [0.25, 0.3) is 5.82 Å². The molecule has 0 saturated carbocycles. The van der Waals surface area contributed by atoms with E-state index >= 15 is 0 Å². The monoisotopic (exact) mass is 392 g/mol. The molecule has 1 N–H and O–H groups in total. The molecular weight excluding hydrogens is 364 g/mol. The molecule has 3 heterocycles. The molecule has 152 valence electrons. The fourth-order valence-corrected chi connectivity index (χ4v) is 3.90. The Morgan fingerprint density at radius 3 is 2.45 bits per heavy atom. The number of benzene rings is 1. The summed E-state index contributed by atoms with van der Waals surface area (Å²) in [4.78, 5) is 17.7. The van der Waals surface area contributed by atoms with Crippen LogP contribution in [0, 0.1) is 0 Å². The Bertz CT molecular complexity index is 926. The quantitative estimate of drug-likeness (QED) is 0.698. The third-order valence-corrected chi connectivity index (χ3v) is 5.62. The van der Waals surface area contributed by atoms with E-state index in [4.69, 9.17) is 0 Å². The molecule has 1 fully saturated rings. The third kappa shape index (κ3) is 4.19. The van der Waals surface area contributed by atoms with Gasteiger partial charge >= 0.3 is 0 Å². The number of carbonyl (C=O) groups is 1. The standard InChI is InChI=1S/C22H28N6O/c1-18(26-12-14-27(15-13-26)19-8-4-3-5-9-19)16-23-21(29)20-17-24-25(2)22(20)28-10-6-7-11-28/h3-11,17-18H,12-16H2,1-2H3,(H,23,29). The highest BCUT2D eigenvalue weighted by molar-refractivity contribution is 5.97. The number of para-hydroxylation sites is 1. The van der Waals surface area contributed by atoms with Crippen LogP contribution in [0.3, 0.4) is 0 Å². The first-order chi connectivity index (χ1) is 14.1. The van der Waals surface area contributed by atoms with Gasteiger partial charge in [-0.25, -0.2) is 0 Å². The van der Waals surface area contributed by atoms with Crippen molar-refractivity contribution >= 4 is 11.6 Å². The first kappa shape index (κ1) is 19.3. The van der Waals surface area contributed by atoms with Gasteiger partial charge in [0.25, 0.3) is 5.91 Å². The predicted octanol–water partition coefficient (Wildman–Crippen LogP) is 2.15. The van der Waals surface area contributed by atoms with Crippen molar-refractivity contribution in [3.8, 4) is 5.82 Å². The van der Waals surface area contributed by atoms with Gasteiger partial charge in [-0.05, 0) is 31.2 Å². The van der Waals surface area contributed by atoms with E-state index in [1.165, 1.54) is 5.69 Å². The molecule has 29 heavy (non-hydrogen) atoms. The molecule has 1 aliphatic rings. The van der Waals surface area contributed by atoms with E-state index in [1.54, 1.807) is 10.9 Å². The molecular formula is C22H28N6O. The molecule has 1 amide bonds. The number of piperazine rings is 1. The summed E-state index contributed by atoms with van der Waals surface area (Å²) in [6.45, 7) is 6.78. The molecule has 2 aromatic heterocycles. The molecule has 0 bridgehead atoms. The molecule has 0 spiro atoms. The molecule has 0 radical (unpaired) electrons. The number of aryl methyl sites for hydroxylation is 1. The summed E-state index contributed by atoms with van der Waals surface area (Å²) in [6, 6.07) is 14.7. The summed E-state index contributed by atoms with van der Waals surface area (Å²) >= 11 is 0. The van der Waals surface area contributed by atoms with Gasteiger partial charge in [-0.2, -0.15) is 5.10 Å². The lowest BCUT2D eigenvalue weighted by molar-refractivity contribution is 0.0934. The normalized spacial score (nSPS) is 16.0. The van der Waals surface area contributed by atoms with Crippen molar-refractivity contribution in [3.63, 3.8) is 0 Å². The van der Waals surface area contributed by atoms with Gasteiger partial charge in [0.15, 0.2) is 0 Å². The SMILES string of the molecule is CC(CNC(=O)c1cnn(C)c1-n1cccc1)N1CCN(c2ccccc2)CC1. The van der Waals surface area contributed by atoms with Gasteiger partial charge in [-0.3, -0.25) is 14.4 Å². The summed E-state index contributed by atoms with van der Waals surface area (Å²) in [5, 5.41) is 7.36. The Balaban J connectivity index is 1.32. The van der Waals surface area contributed by atoms with Crippen molar-refractivity contribution in [2.45, 2.75) is 13.0 Å². The van der Waals surface area contributed by atoms with Gasteiger partial charge in [0, 0.05) is 63.9 Å². The number of nitrogens with one attached hydrogen (secondary N) is 1. The Morgan fingerprint density at radius 2 is 1.76 bits per heavy atom. The molecule has 4 rings (SSSR count). The van der Waals surface area contributed by atoms with Gasteiger partial charge in [0.2, 0.25) is 0 Å². The van der Waals surface area contributed by atoms with Gasteiger partial charge in [-0.15, -0.1) is 0 Å². The zero-order valence-electron chi connectivity index (χ0n) is 17.0. The number of nitrogens with zero attached hydrogens (tertiary/aromatic N) is 5. The van der Waals surface area contributed by atoms with Crippen molar-refractivity contribution < 1.29 is 4.79 Å². The molecule has 3 aromatic rings. The minimum absolute atomic E-state index is 0.0865. The van der Waals surface area contributed by atoms with Crippen LogP contribution in [0.15, 0.2) is 61.1 Å². The summed E-state index contributed by atoms with van der Waals surface area (Å²) in [5.41, 5.74) is 1.87. The van der Waals surface area contributed by atoms with E-state index in [0.717, 1.165) is 32.0 Å². The summed E-state index contributed by atoms with van der Waals surface area (Å²) in [5.74, 6) is 0.688. The van der Waals surface area contributed by atoms with E-state index in [-0.39, 0.29) is 11.9 Å². The van der Waals surface area contributed by atoms with Crippen molar-refractivity contribution in [1.29, 1.82) is 0 Å². The lowest BCUT2D eigenvalue weighted by atomic mass is 10.2. The van der Waals surface area contributed by atoms with E-state index in [9.17, 15) is 4.79 Å². The average molecular weight is 393 g/mol. The smallest absolute Gasteiger partial charge is 0.256 e. The minimum atomic E-state index is -0.0865. The number of hydrogen-bond acceptors (Lipinski definition) is 4. The second-order valence-corrected chi connectivity index (χ2v) is 7.51. The van der Waals surface area contributed by atoms with Crippen LogP contribution >= 0.6 is 0 Å². The zero-order chi connectivity index (χ0) is 20.2. The topological polar surface area (TPSA) is 58.3 Å². The van der Waals surface area contributed by atoms with E-state index in [2.05, 4.69) is 57.5 Å². The third-order valence-electron chi connectivity index (χ3n) is 5.62. The molecule has 1 aliphatic heterocycles. The van der Waals surface area contributed by atoms with Gasteiger partial charge in [-0.1, -0.05) is 18.2 Å². The van der Waals surface area contributed by atoms with Gasteiger partial charge in [0.05, 0.1) is 6.20 Å². The Labute approximate surface area is 171 Å². The number of aromatic nitrogens is 3. The molecule has 1 saturated heterocycles. The summed E-state index contributed by atoms with van der Waals surface area (Å²) < 4.78 is 3.63. The lowest BCUT2D eigenvalue weighted by Crippen LogP contribution is -2.52. The highest BCUT2D eigenvalue weighted by Crippen LogP contribution is 2.17. The van der Waals surface area contributed by atoms with E-state index < -0.39 is 0 Å². The van der Waals surface area contributed by atoms with E-state index in [0.29, 0.717) is 12.1 Å². The highest BCUT2D eigenvalue weighted by Gasteiger charge is 2.23. The number of amides is 1. The lowest BCUT2D eigenvalue weighted by Gasteiger charge is -2.39. The highest BCUT2D eigenvalue weighted by atomic mass is 16.1. The molecule has 7 nitrogen and oxygen atoms in total. The minimum Gasteiger partial charge on any atom is -0.369 e. The predicted molar refractivity (Wildman–Crippen MR) is 115 cm³/mol. The van der Waals surface area contributed by atoms with Crippen LogP contribution < -0.4 is 10.2 Å². The maximum Gasteiger partial charge on any atom is 0.256 e. The van der Waals surface area contributed by atoms with Crippen molar-refractivity contribution in [1.82, 2.24) is 24.6 Å². The molecule has 1 aromatic carbocycles. The summed E-state index contributed by atoms with van der Waals surface area (Å²) in [6.07, 6.45) is 5.47. The van der Waals surface area contributed by atoms with E-state index in [1.807, 2.05) is 36.1 Å². The number of hydrogen-bond donors (Lipinski definition) is 1. The van der Waals surface area contributed by atoms with Crippen molar-refractivity contribution in [2.75, 3.05) is 37.6 Å². The second-order valence-electron chi connectivity index (χ2n) is 7.51. The maximum absolute atomic E-state index is 12.8. The Kier molecular flexibility index (Phi) is 5.67. The first-order valence-electron chi connectivity index (χ1n) is 10.1. The van der Waals surface area contributed by atoms with Crippen LogP contribution in [0.2, 0.25) is 0 Å². The Hall–Kier alpha value is -3.06. The maximum atomic E-state index is 12.8. The van der Waals surface area contributed by atoms with Gasteiger partial charge in [0.1, 0.15) is 11.4 Å². The van der Waals surface area contributed by atoms with Crippen LogP contribution in [0.4, 0.5) is 5.69 Å². The number of anilines is 1. The van der Waals surface area contributed by atoms with Crippen molar-refractivity contribution in [3.05, 3.63) is 66.6 Å². The number of carbonyl (C=O) groups excluding carboxylic acids is 1.